The SMILES string of the molecule is CCCC(=O)N(C)C(C)CCN. The van der Waals surface area contributed by atoms with Crippen LogP contribution in [0.4, 0.5) is 0 Å². The molecule has 0 aliphatic heterocycles. The van der Waals surface area contributed by atoms with Crippen molar-refractivity contribution in [3.8, 4) is 0 Å². The van der Waals surface area contributed by atoms with Crippen LogP contribution in [0.3, 0.4) is 0 Å². The Bertz CT molecular complexity index is 136. The summed E-state index contributed by atoms with van der Waals surface area (Å²) in [6, 6.07) is 0.272. The first kappa shape index (κ1) is 11.4. The molecule has 0 fully saturated rings. The Balaban J connectivity index is 3.82. The van der Waals surface area contributed by atoms with Crippen LogP contribution in [0.1, 0.15) is 33.1 Å². The van der Waals surface area contributed by atoms with E-state index < -0.39 is 0 Å². The zero-order chi connectivity index (χ0) is 9.56. The van der Waals surface area contributed by atoms with Crippen LogP contribution in [0.25, 0.3) is 0 Å². The third-order valence-corrected chi connectivity index (χ3v) is 2.10. The van der Waals surface area contributed by atoms with Gasteiger partial charge in [0, 0.05) is 19.5 Å². The number of hydrogen-bond donors (Lipinski definition) is 1. The maximum absolute atomic E-state index is 11.3. The summed E-state index contributed by atoms with van der Waals surface area (Å²) in [6.45, 7) is 4.69. The summed E-state index contributed by atoms with van der Waals surface area (Å²) in [6.07, 6.45) is 2.44. The number of carbonyl (C=O) groups is 1. The molecule has 0 aromatic rings. The second-order valence-corrected chi connectivity index (χ2v) is 3.18. The number of rotatable bonds is 5. The van der Waals surface area contributed by atoms with Crippen LogP contribution in [0.2, 0.25) is 0 Å². The Morgan fingerprint density at radius 1 is 1.58 bits per heavy atom. The molecule has 0 aliphatic carbocycles. The second kappa shape index (κ2) is 6.00. The van der Waals surface area contributed by atoms with Crippen molar-refractivity contribution >= 4 is 5.91 Å². The van der Waals surface area contributed by atoms with Crippen LogP contribution < -0.4 is 5.73 Å². The van der Waals surface area contributed by atoms with Crippen LogP contribution in [0, 0.1) is 0 Å². The van der Waals surface area contributed by atoms with Gasteiger partial charge in [-0.25, -0.2) is 0 Å². The lowest BCUT2D eigenvalue weighted by Gasteiger charge is -2.24. The first-order valence-corrected chi connectivity index (χ1v) is 4.59. The van der Waals surface area contributed by atoms with Gasteiger partial charge < -0.3 is 10.6 Å². The molecule has 0 spiro atoms. The van der Waals surface area contributed by atoms with Crippen LogP contribution in [0.15, 0.2) is 0 Å². The normalized spacial score (nSPS) is 12.7. The lowest BCUT2D eigenvalue weighted by Crippen LogP contribution is -2.36. The number of nitrogens with zero attached hydrogens (tertiary/aromatic N) is 1. The minimum Gasteiger partial charge on any atom is -0.343 e. The van der Waals surface area contributed by atoms with Gasteiger partial charge in [0.05, 0.1) is 0 Å². The molecule has 0 saturated carbocycles. The molecule has 1 atom stereocenters. The van der Waals surface area contributed by atoms with Crippen molar-refractivity contribution in [2.45, 2.75) is 39.2 Å². The first-order valence-electron chi connectivity index (χ1n) is 4.59. The summed E-state index contributed by atoms with van der Waals surface area (Å²) in [5, 5.41) is 0. The molecule has 12 heavy (non-hydrogen) atoms. The predicted molar refractivity (Wildman–Crippen MR) is 50.8 cm³/mol. The number of hydrogen-bond acceptors (Lipinski definition) is 2. The van der Waals surface area contributed by atoms with E-state index in [4.69, 9.17) is 5.73 Å². The molecule has 0 rings (SSSR count). The van der Waals surface area contributed by atoms with E-state index >= 15 is 0 Å². The molecule has 0 heterocycles. The average molecular weight is 172 g/mol. The van der Waals surface area contributed by atoms with Crippen LogP contribution in [-0.4, -0.2) is 30.4 Å². The molecule has 0 saturated heterocycles. The Morgan fingerprint density at radius 3 is 2.58 bits per heavy atom. The van der Waals surface area contributed by atoms with Gasteiger partial charge in [-0.2, -0.15) is 0 Å². The number of carbonyl (C=O) groups excluding carboxylic acids is 1. The highest BCUT2D eigenvalue weighted by Crippen LogP contribution is 2.03. The lowest BCUT2D eigenvalue weighted by molar-refractivity contribution is -0.131. The fourth-order valence-corrected chi connectivity index (χ4v) is 1.07. The molecule has 0 aromatic heterocycles. The van der Waals surface area contributed by atoms with Gasteiger partial charge in [0.1, 0.15) is 0 Å². The van der Waals surface area contributed by atoms with Crippen molar-refractivity contribution in [1.82, 2.24) is 4.90 Å². The van der Waals surface area contributed by atoms with E-state index in [0.717, 1.165) is 12.8 Å². The molecule has 3 heteroatoms. The molecule has 0 bridgehead atoms. The molecule has 0 radical (unpaired) electrons. The van der Waals surface area contributed by atoms with E-state index in [0.29, 0.717) is 13.0 Å². The smallest absolute Gasteiger partial charge is 0.222 e. The quantitative estimate of drug-likeness (QED) is 0.672. The molecule has 0 aliphatic rings. The monoisotopic (exact) mass is 172 g/mol. The number of amides is 1. The first-order chi connectivity index (χ1) is 5.63. The summed E-state index contributed by atoms with van der Waals surface area (Å²) in [4.78, 5) is 13.1. The minimum atomic E-state index is 0.221. The Morgan fingerprint density at radius 2 is 2.17 bits per heavy atom. The van der Waals surface area contributed by atoms with Crippen molar-refractivity contribution in [3.05, 3.63) is 0 Å². The van der Waals surface area contributed by atoms with Crippen LogP contribution >= 0.6 is 0 Å². The van der Waals surface area contributed by atoms with Gasteiger partial charge in [-0.1, -0.05) is 6.92 Å². The van der Waals surface area contributed by atoms with Crippen molar-refractivity contribution in [3.63, 3.8) is 0 Å². The summed E-state index contributed by atoms with van der Waals surface area (Å²) < 4.78 is 0. The molecule has 2 N–H and O–H groups in total. The number of nitrogens with two attached hydrogens (primary N) is 1. The van der Waals surface area contributed by atoms with Gasteiger partial charge in [-0.15, -0.1) is 0 Å². The Hall–Kier alpha value is -0.570. The molecule has 1 amide bonds. The molecule has 72 valence electrons. The highest BCUT2D eigenvalue weighted by Gasteiger charge is 2.13. The summed E-state index contributed by atoms with van der Waals surface area (Å²) in [7, 11) is 1.85. The fraction of sp³-hybridized carbons (Fsp3) is 0.889. The van der Waals surface area contributed by atoms with Crippen molar-refractivity contribution < 1.29 is 4.79 Å². The van der Waals surface area contributed by atoms with E-state index in [1.165, 1.54) is 0 Å². The van der Waals surface area contributed by atoms with E-state index in [1.54, 1.807) is 4.90 Å². The molecule has 3 nitrogen and oxygen atoms in total. The Labute approximate surface area is 74.9 Å². The highest BCUT2D eigenvalue weighted by molar-refractivity contribution is 5.76. The van der Waals surface area contributed by atoms with Gasteiger partial charge >= 0.3 is 0 Å². The minimum absolute atomic E-state index is 0.221. The van der Waals surface area contributed by atoms with E-state index in [9.17, 15) is 4.79 Å². The summed E-state index contributed by atoms with van der Waals surface area (Å²) in [5.41, 5.74) is 5.40. The van der Waals surface area contributed by atoms with Crippen LogP contribution in [0.5, 0.6) is 0 Å². The van der Waals surface area contributed by atoms with Crippen molar-refractivity contribution in [2.75, 3.05) is 13.6 Å². The van der Waals surface area contributed by atoms with Crippen LogP contribution in [-0.2, 0) is 4.79 Å². The van der Waals surface area contributed by atoms with Gasteiger partial charge in [0.25, 0.3) is 0 Å². The highest BCUT2D eigenvalue weighted by atomic mass is 16.2. The predicted octanol–water partition coefficient (Wildman–Crippen LogP) is 0.982. The lowest BCUT2D eigenvalue weighted by atomic mass is 10.2. The molecule has 1 unspecified atom stereocenters. The largest absolute Gasteiger partial charge is 0.343 e. The van der Waals surface area contributed by atoms with Crippen molar-refractivity contribution in [2.24, 2.45) is 5.73 Å². The fourth-order valence-electron chi connectivity index (χ4n) is 1.07. The topological polar surface area (TPSA) is 46.3 Å². The summed E-state index contributed by atoms with van der Waals surface area (Å²) >= 11 is 0. The average Bonchev–Trinajstić information content (AvgIpc) is 2.04. The zero-order valence-electron chi connectivity index (χ0n) is 8.34. The zero-order valence-corrected chi connectivity index (χ0v) is 8.34. The van der Waals surface area contributed by atoms with Gasteiger partial charge in [-0.05, 0) is 26.3 Å². The third-order valence-electron chi connectivity index (χ3n) is 2.10. The standard InChI is InChI=1S/C9H20N2O/c1-4-5-9(12)11(3)8(2)6-7-10/h8H,4-7,10H2,1-3H3. The third kappa shape index (κ3) is 3.72. The van der Waals surface area contributed by atoms with Gasteiger partial charge in [-0.3, -0.25) is 4.79 Å². The Kier molecular flexibility index (Phi) is 5.72. The van der Waals surface area contributed by atoms with E-state index in [2.05, 4.69) is 0 Å². The van der Waals surface area contributed by atoms with Gasteiger partial charge in [0.15, 0.2) is 0 Å². The van der Waals surface area contributed by atoms with E-state index in [-0.39, 0.29) is 11.9 Å². The summed E-state index contributed by atoms with van der Waals surface area (Å²) in [5.74, 6) is 0.221. The molecular weight excluding hydrogens is 152 g/mol. The maximum Gasteiger partial charge on any atom is 0.222 e. The van der Waals surface area contributed by atoms with E-state index in [1.807, 2.05) is 20.9 Å². The van der Waals surface area contributed by atoms with Crippen molar-refractivity contribution in [1.29, 1.82) is 0 Å². The second-order valence-electron chi connectivity index (χ2n) is 3.18. The van der Waals surface area contributed by atoms with Gasteiger partial charge in [0.2, 0.25) is 5.91 Å². The molecule has 0 aromatic carbocycles. The maximum atomic E-state index is 11.3. The molecular formula is C9H20N2O.